The van der Waals surface area contributed by atoms with Crippen LogP contribution >= 0.6 is 0 Å². The lowest BCUT2D eigenvalue weighted by atomic mass is 10.1. The molecule has 158 valence electrons. The molecule has 1 unspecified atom stereocenters. The second-order valence-electron chi connectivity index (χ2n) is 7.29. The van der Waals surface area contributed by atoms with Crippen molar-refractivity contribution < 1.29 is 18.9 Å². The number of fused-ring (bicyclic) bond motifs is 1. The Bertz CT molecular complexity index is 1090. The second kappa shape index (κ2) is 8.51. The van der Waals surface area contributed by atoms with Crippen LogP contribution in [0, 0.1) is 0 Å². The zero-order valence-electron chi connectivity index (χ0n) is 17.7. The number of hydrogen-bond acceptors (Lipinski definition) is 5. The molecule has 0 spiro atoms. The predicted molar refractivity (Wildman–Crippen MR) is 118 cm³/mol. The third-order valence-electron chi connectivity index (χ3n) is 5.23. The molecule has 2 aromatic carbocycles. The lowest BCUT2D eigenvalue weighted by Gasteiger charge is -2.31. The lowest BCUT2D eigenvalue weighted by molar-refractivity contribution is -0.551. The lowest BCUT2D eigenvalue weighted by Crippen LogP contribution is -2.61. The Morgan fingerprint density at radius 3 is 2.45 bits per heavy atom. The van der Waals surface area contributed by atoms with Gasteiger partial charge in [0.15, 0.2) is 0 Å². The summed E-state index contributed by atoms with van der Waals surface area (Å²) in [6.45, 7) is 2.98. The maximum absolute atomic E-state index is 13.0. The normalized spacial score (nSPS) is 18.7. The van der Waals surface area contributed by atoms with Gasteiger partial charge in [-0.1, -0.05) is 40.3 Å². The Labute approximate surface area is 180 Å². The number of amidine groups is 1. The van der Waals surface area contributed by atoms with Gasteiger partial charge in [-0.25, -0.2) is 9.37 Å². The predicted octanol–water partition coefficient (Wildman–Crippen LogP) is 2.38. The summed E-state index contributed by atoms with van der Waals surface area (Å²) in [7, 11) is 3.11. The molecule has 4 rings (SSSR count). The van der Waals surface area contributed by atoms with E-state index in [1.807, 2.05) is 66.1 Å². The van der Waals surface area contributed by atoms with E-state index in [0.29, 0.717) is 24.9 Å². The molecule has 0 saturated carbocycles. The van der Waals surface area contributed by atoms with Crippen LogP contribution in [0.25, 0.3) is 0 Å². The molecular formula is C23H24N5O3+. The highest BCUT2D eigenvalue weighted by atomic mass is 16.5. The summed E-state index contributed by atoms with van der Waals surface area (Å²) in [6, 6.07) is 16.3. The first-order chi connectivity index (χ1) is 15.0. The topological polar surface area (TPSA) is 77.6 Å². The first-order valence-electron chi connectivity index (χ1n) is 10.1. The van der Waals surface area contributed by atoms with Gasteiger partial charge in [0.1, 0.15) is 12.0 Å². The summed E-state index contributed by atoms with van der Waals surface area (Å²) in [5.74, 6) is 1.26. The molecule has 0 aliphatic carbocycles. The van der Waals surface area contributed by atoms with Crippen LogP contribution < -0.4 is 4.74 Å². The van der Waals surface area contributed by atoms with Crippen molar-refractivity contribution >= 4 is 29.9 Å². The van der Waals surface area contributed by atoms with Gasteiger partial charge in [-0.2, -0.15) is 0 Å². The number of amides is 3. The summed E-state index contributed by atoms with van der Waals surface area (Å²) in [4.78, 5) is 37.0. The zero-order chi connectivity index (χ0) is 22.0. The number of benzene rings is 2. The molecule has 0 aromatic heterocycles. The monoisotopic (exact) mass is 418 g/mol. The third kappa shape index (κ3) is 3.96. The molecule has 1 atom stereocenters. The van der Waals surface area contributed by atoms with Crippen LogP contribution in [0.15, 0.2) is 64.6 Å². The number of urea groups is 1. The molecule has 3 amide bonds. The number of hydrogen-bond donors (Lipinski definition) is 0. The van der Waals surface area contributed by atoms with Crippen molar-refractivity contribution in [2.24, 2.45) is 9.98 Å². The van der Waals surface area contributed by atoms with E-state index in [1.165, 1.54) is 11.9 Å². The summed E-state index contributed by atoms with van der Waals surface area (Å²) < 4.78 is 7.30. The van der Waals surface area contributed by atoms with Gasteiger partial charge in [0.2, 0.25) is 11.9 Å². The highest BCUT2D eigenvalue weighted by molar-refractivity contribution is 6.23. The van der Waals surface area contributed by atoms with Crippen molar-refractivity contribution in [1.29, 1.82) is 0 Å². The second-order valence-corrected chi connectivity index (χ2v) is 7.29. The van der Waals surface area contributed by atoms with Crippen LogP contribution in [-0.2, 0) is 11.3 Å². The quantitative estimate of drug-likeness (QED) is 0.553. The fourth-order valence-corrected chi connectivity index (χ4v) is 3.58. The molecule has 8 heteroatoms. The van der Waals surface area contributed by atoms with Crippen molar-refractivity contribution in [2.75, 3.05) is 20.7 Å². The van der Waals surface area contributed by atoms with Crippen LogP contribution in [0.4, 0.5) is 4.79 Å². The number of guanidine groups is 1. The van der Waals surface area contributed by atoms with Gasteiger partial charge in [-0.3, -0.25) is 14.6 Å². The number of carbonyl (C=O) groups is 2. The summed E-state index contributed by atoms with van der Waals surface area (Å²) in [5, 5.41) is 0. The van der Waals surface area contributed by atoms with Crippen LogP contribution in [0.2, 0.25) is 0 Å². The smallest absolute Gasteiger partial charge is 0.431 e. The highest BCUT2D eigenvalue weighted by Crippen LogP contribution is 2.21. The minimum Gasteiger partial charge on any atom is -0.494 e. The Kier molecular flexibility index (Phi) is 5.62. The van der Waals surface area contributed by atoms with E-state index in [2.05, 4.69) is 9.98 Å². The molecule has 0 bridgehead atoms. The van der Waals surface area contributed by atoms with Gasteiger partial charge < -0.3 is 4.74 Å². The van der Waals surface area contributed by atoms with Gasteiger partial charge in [0.25, 0.3) is 5.91 Å². The van der Waals surface area contributed by atoms with Gasteiger partial charge in [0, 0.05) is 19.7 Å². The number of carbonyl (C=O) groups excluding carboxylic acids is 2. The molecule has 2 heterocycles. The van der Waals surface area contributed by atoms with Gasteiger partial charge in [-0.05, 0) is 36.8 Å². The van der Waals surface area contributed by atoms with Crippen LogP contribution in [0.5, 0.6) is 5.75 Å². The van der Waals surface area contributed by atoms with Crippen LogP contribution in [0.1, 0.15) is 18.1 Å². The number of likely N-dealkylation sites (N-methyl/N-ethyl adjacent to an activating group) is 2. The van der Waals surface area contributed by atoms with Gasteiger partial charge in [0.05, 0.1) is 13.2 Å². The highest BCUT2D eigenvalue weighted by Gasteiger charge is 2.51. The van der Waals surface area contributed by atoms with Crippen molar-refractivity contribution in [3.63, 3.8) is 0 Å². The number of aliphatic imine (C=N–C) groups is 2. The maximum Gasteiger partial charge on any atom is 0.431 e. The molecule has 2 aromatic rings. The Balaban J connectivity index is 1.70. The van der Waals surface area contributed by atoms with E-state index in [0.717, 1.165) is 21.8 Å². The summed E-state index contributed by atoms with van der Waals surface area (Å²) >= 11 is 0. The molecule has 2 aliphatic heterocycles. The third-order valence-corrected chi connectivity index (χ3v) is 5.23. The first-order valence-corrected chi connectivity index (χ1v) is 10.1. The standard InChI is InChI=1S/C23H24N5O3/c1-4-31-18-12-10-16(11-13-18)14-24-22-25-20-19(21(29)27(3)23(30)26(20)2)28(22)15-17-8-6-5-7-9-17/h5-14,19H,4,15H2,1-3H3/q+1. The minimum absolute atomic E-state index is 0.316. The fraction of sp³-hybridized carbons (Fsp3) is 0.261. The van der Waals surface area contributed by atoms with E-state index in [9.17, 15) is 9.59 Å². The molecule has 0 N–H and O–H groups in total. The Hall–Kier alpha value is -3.81. The molecule has 1 fully saturated rings. The number of rotatable bonds is 5. The molecule has 1 saturated heterocycles. The Morgan fingerprint density at radius 1 is 1.06 bits per heavy atom. The molecule has 31 heavy (non-hydrogen) atoms. The molecular weight excluding hydrogens is 394 g/mol. The van der Waals surface area contributed by atoms with Crippen LogP contribution in [-0.4, -0.2) is 71.1 Å². The summed E-state index contributed by atoms with van der Waals surface area (Å²) in [5.41, 5.74) is 1.89. The maximum atomic E-state index is 13.0. The molecule has 0 radical (unpaired) electrons. The van der Waals surface area contributed by atoms with Crippen molar-refractivity contribution in [3.05, 3.63) is 65.7 Å². The fourth-order valence-electron chi connectivity index (χ4n) is 3.58. The SMILES string of the molecule is CCOc1ccc(/C=N/C2=[N+](Cc3ccccc3)C3C(=O)N(C)C(=O)N(C)C3=N2)cc1. The summed E-state index contributed by atoms with van der Waals surface area (Å²) in [6.07, 6.45) is 1.69. The van der Waals surface area contributed by atoms with Crippen molar-refractivity contribution in [1.82, 2.24) is 9.80 Å². The van der Waals surface area contributed by atoms with Crippen molar-refractivity contribution in [3.8, 4) is 5.75 Å². The molecule has 2 aliphatic rings. The number of imide groups is 1. The Morgan fingerprint density at radius 2 is 1.77 bits per heavy atom. The van der Waals surface area contributed by atoms with Crippen LogP contribution in [0.3, 0.4) is 0 Å². The van der Waals surface area contributed by atoms with Crippen molar-refractivity contribution in [2.45, 2.75) is 19.5 Å². The minimum atomic E-state index is -0.694. The average molecular weight is 418 g/mol. The van der Waals surface area contributed by atoms with Gasteiger partial charge in [-0.15, -0.1) is 0 Å². The first kappa shape index (κ1) is 20.5. The van der Waals surface area contributed by atoms with E-state index < -0.39 is 12.1 Å². The van der Waals surface area contributed by atoms with E-state index in [4.69, 9.17) is 4.74 Å². The largest absolute Gasteiger partial charge is 0.494 e. The van der Waals surface area contributed by atoms with Gasteiger partial charge >= 0.3 is 12.0 Å². The van der Waals surface area contributed by atoms with E-state index in [-0.39, 0.29) is 5.91 Å². The van der Waals surface area contributed by atoms with E-state index >= 15 is 0 Å². The zero-order valence-corrected chi connectivity index (χ0v) is 17.7. The van der Waals surface area contributed by atoms with E-state index in [1.54, 1.807) is 13.3 Å². The molecule has 8 nitrogen and oxygen atoms in total. The number of ether oxygens (including phenoxy) is 1. The average Bonchev–Trinajstić information content (AvgIpc) is 3.15. The number of nitrogens with zero attached hydrogens (tertiary/aromatic N) is 5.